The van der Waals surface area contributed by atoms with Gasteiger partial charge in [0.2, 0.25) is 0 Å². The van der Waals surface area contributed by atoms with Gasteiger partial charge in [0.05, 0.1) is 29.4 Å². The number of hydrogen-bond acceptors (Lipinski definition) is 5. The van der Waals surface area contributed by atoms with Crippen molar-refractivity contribution < 1.29 is 9.47 Å². The van der Waals surface area contributed by atoms with Crippen LogP contribution in [-0.2, 0) is 4.74 Å². The zero-order valence-electron chi connectivity index (χ0n) is 21.8. The molecule has 9 heteroatoms. The molecule has 7 nitrogen and oxygen atoms in total. The summed E-state index contributed by atoms with van der Waals surface area (Å²) in [6.07, 6.45) is 3.70. The fraction of sp³-hybridized carbons (Fsp3) is 0.276. The molecule has 0 radical (unpaired) electrons. The predicted octanol–water partition coefficient (Wildman–Crippen LogP) is 6.05. The van der Waals surface area contributed by atoms with Crippen LogP contribution in [0.25, 0.3) is 5.82 Å². The molecule has 1 fully saturated rings. The fourth-order valence-corrected chi connectivity index (χ4v) is 5.55. The summed E-state index contributed by atoms with van der Waals surface area (Å²) in [6.45, 7) is 7.16. The van der Waals surface area contributed by atoms with E-state index in [0.717, 1.165) is 39.7 Å². The summed E-state index contributed by atoms with van der Waals surface area (Å²) >= 11 is 12.6. The van der Waals surface area contributed by atoms with E-state index in [9.17, 15) is 0 Å². The van der Waals surface area contributed by atoms with Crippen molar-refractivity contribution in [2.45, 2.75) is 32.9 Å². The van der Waals surface area contributed by atoms with Crippen molar-refractivity contribution in [1.29, 1.82) is 0 Å². The lowest BCUT2D eigenvalue weighted by atomic mass is 9.96. The van der Waals surface area contributed by atoms with Crippen LogP contribution in [0.1, 0.15) is 40.3 Å². The van der Waals surface area contributed by atoms with E-state index in [1.165, 1.54) is 0 Å². The summed E-state index contributed by atoms with van der Waals surface area (Å²) in [6, 6.07) is 17.7. The maximum Gasteiger partial charge on any atom is 0.174 e. The number of thiocarbonyl (C=S) groups is 1. The second kappa shape index (κ2) is 11.1. The molecule has 0 aliphatic carbocycles. The molecule has 38 heavy (non-hydrogen) atoms. The molecule has 1 aliphatic heterocycles. The van der Waals surface area contributed by atoms with E-state index >= 15 is 0 Å². The third kappa shape index (κ3) is 4.99. The summed E-state index contributed by atoms with van der Waals surface area (Å²) < 4.78 is 13.0. The molecule has 1 aliphatic rings. The van der Waals surface area contributed by atoms with Crippen molar-refractivity contribution in [3.05, 3.63) is 100 Å². The topological polar surface area (TPSA) is 64.4 Å². The molecule has 0 bridgehead atoms. The van der Waals surface area contributed by atoms with E-state index in [2.05, 4.69) is 50.7 Å². The molecule has 1 saturated heterocycles. The smallest absolute Gasteiger partial charge is 0.174 e. The highest BCUT2D eigenvalue weighted by Gasteiger charge is 2.42. The maximum atomic E-state index is 6.65. The van der Waals surface area contributed by atoms with Crippen LogP contribution < -0.4 is 15.0 Å². The van der Waals surface area contributed by atoms with Gasteiger partial charge >= 0.3 is 0 Å². The minimum absolute atomic E-state index is 0.167. The van der Waals surface area contributed by atoms with Gasteiger partial charge in [0.15, 0.2) is 5.11 Å². The first-order valence-corrected chi connectivity index (χ1v) is 13.2. The van der Waals surface area contributed by atoms with Crippen LogP contribution in [0.4, 0.5) is 5.69 Å². The van der Waals surface area contributed by atoms with Crippen LogP contribution in [-0.4, -0.2) is 40.0 Å². The van der Waals surface area contributed by atoms with E-state index in [-0.39, 0.29) is 12.1 Å². The normalized spacial score (nSPS) is 17.1. The molecule has 0 unspecified atom stereocenters. The Hall–Kier alpha value is -3.46. The lowest BCUT2D eigenvalue weighted by molar-refractivity contribution is 0.146. The van der Waals surface area contributed by atoms with Gasteiger partial charge in [-0.3, -0.25) is 4.98 Å². The molecule has 2 atom stereocenters. The summed E-state index contributed by atoms with van der Waals surface area (Å²) in [5, 5.41) is 4.64. The van der Waals surface area contributed by atoms with Gasteiger partial charge < -0.3 is 24.3 Å². The number of methoxy groups -OCH3 is 1. The van der Waals surface area contributed by atoms with Crippen molar-refractivity contribution in [3.8, 4) is 11.6 Å². The van der Waals surface area contributed by atoms with Crippen LogP contribution in [0, 0.1) is 20.8 Å². The van der Waals surface area contributed by atoms with Crippen LogP contribution >= 0.6 is 23.8 Å². The van der Waals surface area contributed by atoms with Gasteiger partial charge in [0, 0.05) is 36.6 Å². The average molecular weight is 548 g/mol. The molecule has 1 N–H and O–H groups in total. The highest BCUT2D eigenvalue weighted by molar-refractivity contribution is 7.80. The number of aromatic nitrogens is 3. The molecule has 5 rings (SSSR count). The first-order valence-electron chi connectivity index (χ1n) is 12.4. The van der Waals surface area contributed by atoms with Gasteiger partial charge in [-0.1, -0.05) is 23.7 Å². The SMILES string of the molecule is COCCOc1ccc(N2C(=S)N[C@@H](c3ccccn3)[C@@H]2c2cc(C)n(-c3ccc(C)cn3)c2C)cc1Cl. The Morgan fingerprint density at radius 1 is 1.03 bits per heavy atom. The number of ether oxygens (including phenoxy) is 2. The Balaban J connectivity index is 1.60. The van der Waals surface area contributed by atoms with Gasteiger partial charge in [-0.15, -0.1) is 0 Å². The largest absolute Gasteiger partial charge is 0.490 e. The van der Waals surface area contributed by atoms with Crippen molar-refractivity contribution in [1.82, 2.24) is 19.9 Å². The van der Waals surface area contributed by atoms with Gasteiger partial charge in [-0.05, 0) is 86.6 Å². The molecule has 196 valence electrons. The quantitative estimate of drug-likeness (QED) is 0.213. The number of hydrogen-bond donors (Lipinski definition) is 1. The van der Waals surface area contributed by atoms with Crippen molar-refractivity contribution in [2.24, 2.45) is 0 Å². The maximum absolute atomic E-state index is 6.65. The second-order valence-electron chi connectivity index (χ2n) is 9.31. The van der Waals surface area contributed by atoms with Crippen molar-refractivity contribution in [3.63, 3.8) is 0 Å². The summed E-state index contributed by atoms with van der Waals surface area (Å²) in [5.74, 6) is 1.49. The molecule has 3 aromatic heterocycles. The Bertz CT molecular complexity index is 1440. The minimum Gasteiger partial charge on any atom is -0.490 e. The molecular weight excluding hydrogens is 518 g/mol. The Kier molecular flexibility index (Phi) is 7.65. The molecule has 0 amide bonds. The van der Waals surface area contributed by atoms with E-state index in [1.54, 1.807) is 7.11 Å². The number of pyridine rings is 2. The number of nitrogens with one attached hydrogen (secondary N) is 1. The first-order chi connectivity index (χ1) is 18.4. The van der Waals surface area contributed by atoms with E-state index in [4.69, 9.17) is 33.3 Å². The predicted molar refractivity (Wildman–Crippen MR) is 155 cm³/mol. The van der Waals surface area contributed by atoms with Gasteiger partial charge in [0.25, 0.3) is 0 Å². The molecule has 0 spiro atoms. The Morgan fingerprint density at radius 2 is 1.87 bits per heavy atom. The van der Waals surface area contributed by atoms with E-state index < -0.39 is 0 Å². The second-order valence-corrected chi connectivity index (χ2v) is 10.1. The number of benzene rings is 1. The number of aryl methyl sites for hydroxylation is 2. The lowest BCUT2D eigenvalue weighted by Gasteiger charge is -2.28. The standard InChI is InChI=1S/C29H30ClN5O2S/c1-18-8-11-26(32-17-18)34-19(2)15-22(20(34)3)28-27(24-7-5-6-12-31-24)33-29(38)35(28)21-9-10-25(23(30)16-21)37-14-13-36-4/h5-12,15-17,27-28H,13-14H2,1-4H3,(H,33,38)/t27-,28-/m0/s1. The molecule has 4 heterocycles. The molecule has 1 aromatic carbocycles. The fourth-order valence-electron chi connectivity index (χ4n) is 4.97. The first kappa shape index (κ1) is 26.2. The van der Waals surface area contributed by atoms with Crippen molar-refractivity contribution >= 4 is 34.6 Å². The summed E-state index contributed by atoms with van der Waals surface area (Å²) in [7, 11) is 1.64. The van der Waals surface area contributed by atoms with Gasteiger partial charge in [-0.25, -0.2) is 4.98 Å². The lowest BCUT2D eigenvalue weighted by Crippen LogP contribution is -2.29. The number of anilines is 1. The Morgan fingerprint density at radius 3 is 2.55 bits per heavy atom. The van der Waals surface area contributed by atoms with Gasteiger partial charge in [0.1, 0.15) is 18.2 Å². The molecule has 4 aromatic rings. The number of rotatable bonds is 8. The zero-order chi connectivity index (χ0) is 26.8. The van der Waals surface area contributed by atoms with Gasteiger partial charge in [-0.2, -0.15) is 0 Å². The van der Waals surface area contributed by atoms with Crippen LogP contribution in [0.5, 0.6) is 5.75 Å². The zero-order valence-corrected chi connectivity index (χ0v) is 23.4. The van der Waals surface area contributed by atoms with Crippen LogP contribution in [0.15, 0.2) is 67.0 Å². The highest BCUT2D eigenvalue weighted by atomic mass is 35.5. The third-order valence-corrected chi connectivity index (χ3v) is 7.36. The van der Waals surface area contributed by atoms with Crippen LogP contribution in [0.2, 0.25) is 5.02 Å². The number of nitrogens with zero attached hydrogens (tertiary/aromatic N) is 4. The highest BCUT2D eigenvalue weighted by Crippen LogP contribution is 2.44. The minimum atomic E-state index is -0.167. The van der Waals surface area contributed by atoms with Crippen molar-refractivity contribution in [2.75, 3.05) is 25.2 Å². The van der Waals surface area contributed by atoms with E-state index in [0.29, 0.717) is 29.1 Å². The number of halogens is 1. The monoisotopic (exact) mass is 547 g/mol. The Labute approximate surface area is 233 Å². The third-order valence-electron chi connectivity index (χ3n) is 6.75. The molecule has 0 saturated carbocycles. The average Bonchev–Trinajstić information content (AvgIpc) is 3.41. The molecular formula is C29H30ClN5O2S. The summed E-state index contributed by atoms with van der Waals surface area (Å²) in [4.78, 5) is 11.5. The van der Waals surface area contributed by atoms with Crippen LogP contribution in [0.3, 0.4) is 0 Å². The van der Waals surface area contributed by atoms with E-state index in [1.807, 2.05) is 61.8 Å². The summed E-state index contributed by atoms with van der Waals surface area (Å²) in [5.41, 5.74) is 6.21.